The van der Waals surface area contributed by atoms with Crippen LogP contribution in [0.4, 0.5) is 5.69 Å². The van der Waals surface area contributed by atoms with Crippen molar-refractivity contribution in [2.75, 3.05) is 5.73 Å². The van der Waals surface area contributed by atoms with Crippen LogP contribution < -0.4 is 5.73 Å². The van der Waals surface area contributed by atoms with Crippen LogP contribution in [0, 0.1) is 0 Å². The van der Waals surface area contributed by atoms with Crippen molar-refractivity contribution in [3.63, 3.8) is 0 Å². The number of nitrogens with two attached hydrogens (primary N) is 1. The van der Waals surface area contributed by atoms with E-state index in [0.29, 0.717) is 16.3 Å². The molecule has 4 nitrogen and oxygen atoms in total. The van der Waals surface area contributed by atoms with Crippen molar-refractivity contribution in [2.24, 2.45) is 0 Å². The predicted molar refractivity (Wildman–Crippen MR) is 61.3 cm³/mol. The van der Waals surface area contributed by atoms with E-state index in [0.717, 1.165) is 0 Å². The number of rotatable bonds is 2. The Hall–Kier alpha value is -1.94. The Labute approximate surface area is 97.1 Å². The van der Waals surface area contributed by atoms with Crippen LogP contribution in [0.3, 0.4) is 0 Å². The number of anilines is 1. The lowest BCUT2D eigenvalue weighted by atomic mass is 10.1. The van der Waals surface area contributed by atoms with Gasteiger partial charge in [0.15, 0.2) is 0 Å². The largest absolute Gasteiger partial charge is 0.399 e. The van der Waals surface area contributed by atoms with Crippen LogP contribution in [0.2, 0.25) is 5.02 Å². The highest BCUT2D eigenvalue weighted by atomic mass is 35.5. The molecule has 5 heteroatoms. The van der Waals surface area contributed by atoms with Crippen LogP contribution in [0.15, 0.2) is 36.8 Å². The highest BCUT2D eigenvalue weighted by Crippen LogP contribution is 2.18. The number of ketones is 1. The van der Waals surface area contributed by atoms with Gasteiger partial charge in [0.25, 0.3) is 0 Å². The van der Waals surface area contributed by atoms with E-state index in [1.54, 1.807) is 18.2 Å². The minimum atomic E-state index is -0.248. The molecule has 0 saturated carbocycles. The second-order valence-corrected chi connectivity index (χ2v) is 3.63. The van der Waals surface area contributed by atoms with Gasteiger partial charge in [0, 0.05) is 28.7 Å². The summed E-state index contributed by atoms with van der Waals surface area (Å²) < 4.78 is 0. The van der Waals surface area contributed by atoms with E-state index in [1.807, 2.05) is 0 Å². The molecule has 0 unspecified atom stereocenters. The Morgan fingerprint density at radius 3 is 2.69 bits per heavy atom. The Bertz CT molecular complexity index is 508. The first-order valence-electron chi connectivity index (χ1n) is 4.53. The molecule has 2 N–H and O–H groups in total. The zero-order valence-corrected chi connectivity index (χ0v) is 8.98. The minimum absolute atomic E-state index is 0.248. The van der Waals surface area contributed by atoms with Gasteiger partial charge in [0.1, 0.15) is 5.69 Å². The van der Waals surface area contributed by atoms with Crippen LogP contribution in [-0.4, -0.2) is 15.8 Å². The van der Waals surface area contributed by atoms with Gasteiger partial charge in [0.05, 0.1) is 6.20 Å². The van der Waals surface area contributed by atoms with Crippen LogP contribution >= 0.6 is 11.6 Å². The summed E-state index contributed by atoms with van der Waals surface area (Å²) >= 11 is 5.81. The topological polar surface area (TPSA) is 68.9 Å². The summed E-state index contributed by atoms with van der Waals surface area (Å²) in [5, 5.41) is 0.423. The van der Waals surface area contributed by atoms with E-state index >= 15 is 0 Å². The van der Waals surface area contributed by atoms with E-state index in [1.165, 1.54) is 18.6 Å². The van der Waals surface area contributed by atoms with Crippen molar-refractivity contribution >= 4 is 23.1 Å². The van der Waals surface area contributed by atoms with Crippen LogP contribution in [0.1, 0.15) is 16.1 Å². The standard InChI is InChI=1S/C11H8ClN3O/c12-8-3-7(4-9(13)5-8)11(16)10-6-14-1-2-15-10/h1-6H,13H2. The molecule has 0 bridgehead atoms. The quantitative estimate of drug-likeness (QED) is 0.636. The summed E-state index contributed by atoms with van der Waals surface area (Å²) in [5.41, 5.74) is 6.72. The fourth-order valence-corrected chi connectivity index (χ4v) is 1.55. The average Bonchev–Trinajstić information content (AvgIpc) is 2.28. The molecular formula is C11H8ClN3O. The zero-order chi connectivity index (χ0) is 11.5. The van der Waals surface area contributed by atoms with Gasteiger partial charge in [-0.05, 0) is 18.2 Å². The number of halogens is 1. The zero-order valence-electron chi connectivity index (χ0n) is 8.22. The molecule has 1 aromatic heterocycles. The smallest absolute Gasteiger partial charge is 0.213 e. The first kappa shape index (κ1) is 10.6. The molecule has 0 aliphatic carbocycles. The number of carbonyl (C=O) groups is 1. The number of carbonyl (C=O) groups excluding carboxylic acids is 1. The molecule has 0 radical (unpaired) electrons. The molecule has 0 amide bonds. The van der Waals surface area contributed by atoms with Crippen molar-refractivity contribution in [3.8, 4) is 0 Å². The van der Waals surface area contributed by atoms with E-state index in [4.69, 9.17) is 17.3 Å². The predicted octanol–water partition coefficient (Wildman–Crippen LogP) is 1.94. The first-order valence-corrected chi connectivity index (χ1v) is 4.91. The Kier molecular flexibility index (Phi) is 2.83. The monoisotopic (exact) mass is 233 g/mol. The average molecular weight is 234 g/mol. The Balaban J connectivity index is 2.42. The van der Waals surface area contributed by atoms with Gasteiger partial charge in [-0.2, -0.15) is 0 Å². The molecule has 80 valence electrons. The van der Waals surface area contributed by atoms with E-state index in [2.05, 4.69) is 9.97 Å². The number of hydrogen-bond donors (Lipinski definition) is 1. The lowest BCUT2D eigenvalue weighted by Gasteiger charge is -2.02. The molecule has 0 fully saturated rings. The van der Waals surface area contributed by atoms with Crippen molar-refractivity contribution in [1.29, 1.82) is 0 Å². The normalized spacial score (nSPS) is 10.1. The van der Waals surface area contributed by atoms with Gasteiger partial charge in [-0.1, -0.05) is 11.6 Å². The molecule has 1 heterocycles. The lowest BCUT2D eigenvalue weighted by molar-refractivity contribution is 0.103. The van der Waals surface area contributed by atoms with E-state index < -0.39 is 0 Å². The number of aromatic nitrogens is 2. The van der Waals surface area contributed by atoms with Crippen LogP contribution in [0.25, 0.3) is 0 Å². The van der Waals surface area contributed by atoms with Gasteiger partial charge in [0.2, 0.25) is 5.78 Å². The maximum Gasteiger partial charge on any atom is 0.213 e. The summed E-state index contributed by atoms with van der Waals surface area (Å²) in [6.07, 6.45) is 4.36. The molecule has 2 rings (SSSR count). The minimum Gasteiger partial charge on any atom is -0.399 e. The molecule has 0 aliphatic heterocycles. The number of hydrogen-bond acceptors (Lipinski definition) is 4. The third-order valence-corrected chi connectivity index (χ3v) is 2.20. The van der Waals surface area contributed by atoms with Crippen molar-refractivity contribution in [3.05, 3.63) is 53.1 Å². The molecule has 0 atom stereocenters. The van der Waals surface area contributed by atoms with Crippen LogP contribution in [0.5, 0.6) is 0 Å². The van der Waals surface area contributed by atoms with Gasteiger partial charge in [-0.15, -0.1) is 0 Å². The summed E-state index contributed by atoms with van der Waals surface area (Å²) in [6.45, 7) is 0. The van der Waals surface area contributed by atoms with Gasteiger partial charge >= 0.3 is 0 Å². The summed E-state index contributed by atoms with van der Waals surface area (Å²) in [7, 11) is 0. The highest BCUT2D eigenvalue weighted by Gasteiger charge is 2.11. The van der Waals surface area contributed by atoms with Crippen LogP contribution in [-0.2, 0) is 0 Å². The molecule has 1 aromatic carbocycles. The number of nitrogens with zero attached hydrogens (tertiary/aromatic N) is 2. The molecule has 0 aliphatic rings. The van der Waals surface area contributed by atoms with E-state index in [9.17, 15) is 4.79 Å². The Morgan fingerprint density at radius 1 is 1.25 bits per heavy atom. The summed E-state index contributed by atoms with van der Waals surface area (Å²) in [4.78, 5) is 19.7. The fourth-order valence-electron chi connectivity index (χ4n) is 1.31. The summed E-state index contributed by atoms with van der Waals surface area (Å²) in [5.74, 6) is -0.248. The maximum atomic E-state index is 11.9. The second-order valence-electron chi connectivity index (χ2n) is 3.19. The third-order valence-electron chi connectivity index (χ3n) is 1.98. The molecule has 0 saturated heterocycles. The van der Waals surface area contributed by atoms with Gasteiger partial charge < -0.3 is 5.73 Å². The van der Waals surface area contributed by atoms with Crippen molar-refractivity contribution < 1.29 is 4.79 Å². The third kappa shape index (κ3) is 2.17. The molecule has 16 heavy (non-hydrogen) atoms. The van der Waals surface area contributed by atoms with Gasteiger partial charge in [-0.3, -0.25) is 9.78 Å². The van der Waals surface area contributed by atoms with Crippen molar-refractivity contribution in [2.45, 2.75) is 0 Å². The van der Waals surface area contributed by atoms with Crippen molar-refractivity contribution in [1.82, 2.24) is 9.97 Å². The van der Waals surface area contributed by atoms with Gasteiger partial charge in [-0.25, -0.2) is 4.98 Å². The molecule has 0 spiro atoms. The highest BCUT2D eigenvalue weighted by molar-refractivity contribution is 6.31. The lowest BCUT2D eigenvalue weighted by Crippen LogP contribution is -2.05. The first-order chi connectivity index (χ1) is 7.66. The second kappa shape index (κ2) is 4.28. The Morgan fingerprint density at radius 2 is 2.06 bits per heavy atom. The molecule has 2 aromatic rings. The molecular weight excluding hydrogens is 226 g/mol. The maximum absolute atomic E-state index is 11.9. The number of benzene rings is 1. The number of nitrogen functional groups attached to an aromatic ring is 1. The SMILES string of the molecule is Nc1cc(Cl)cc(C(=O)c2cnccn2)c1. The van der Waals surface area contributed by atoms with E-state index in [-0.39, 0.29) is 11.5 Å². The fraction of sp³-hybridized carbons (Fsp3) is 0. The summed E-state index contributed by atoms with van der Waals surface area (Å²) in [6, 6.07) is 4.69.